The van der Waals surface area contributed by atoms with Crippen LogP contribution >= 0.6 is 0 Å². The lowest BCUT2D eigenvalue weighted by Gasteiger charge is -2.45. The molecule has 0 unspecified atom stereocenters. The number of hydrogen-bond acceptors (Lipinski definition) is 7. The van der Waals surface area contributed by atoms with Crippen molar-refractivity contribution in [2.24, 2.45) is 0 Å². The van der Waals surface area contributed by atoms with E-state index >= 15 is 0 Å². The van der Waals surface area contributed by atoms with E-state index in [0.717, 1.165) is 16.7 Å². The molecule has 0 spiro atoms. The van der Waals surface area contributed by atoms with Crippen molar-refractivity contribution in [3.8, 4) is 0 Å². The predicted octanol–water partition coefficient (Wildman–Crippen LogP) is 3.47. The Balaban J connectivity index is 1.59. The minimum absolute atomic E-state index is 0.0174. The van der Waals surface area contributed by atoms with Crippen LogP contribution in [0.2, 0.25) is 0 Å². The second-order valence-electron chi connectivity index (χ2n) is 8.80. The molecule has 0 aliphatic carbocycles. The minimum atomic E-state index is -1.33. The van der Waals surface area contributed by atoms with Crippen LogP contribution in [-0.2, 0) is 43.5 Å². The monoisotopic (exact) mass is 494 g/mol. The molecule has 3 aromatic rings. The maximum atomic E-state index is 11.0. The van der Waals surface area contributed by atoms with Gasteiger partial charge >= 0.3 is 0 Å². The van der Waals surface area contributed by atoms with Crippen molar-refractivity contribution in [1.82, 2.24) is 0 Å². The van der Waals surface area contributed by atoms with Crippen LogP contribution in [-0.4, -0.2) is 60.7 Å². The lowest BCUT2D eigenvalue weighted by molar-refractivity contribution is -0.325. The van der Waals surface area contributed by atoms with Crippen LogP contribution in [0.1, 0.15) is 16.7 Å². The second-order valence-corrected chi connectivity index (χ2v) is 8.80. The van der Waals surface area contributed by atoms with E-state index in [1.165, 1.54) is 7.11 Å². The lowest BCUT2D eigenvalue weighted by atomic mass is 9.94. The molecule has 36 heavy (non-hydrogen) atoms. The number of aliphatic hydroxyl groups is 2. The fourth-order valence-electron chi connectivity index (χ4n) is 4.28. The molecular weight excluding hydrogens is 460 g/mol. The van der Waals surface area contributed by atoms with Crippen LogP contribution < -0.4 is 0 Å². The quantitative estimate of drug-likeness (QED) is 0.399. The highest BCUT2D eigenvalue weighted by molar-refractivity contribution is 5.15. The van der Waals surface area contributed by atoms with Gasteiger partial charge in [0, 0.05) is 7.11 Å². The molecule has 0 bridgehead atoms. The summed E-state index contributed by atoms with van der Waals surface area (Å²) in [5.41, 5.74) is 2.89. The largest absolute Gasteiger partial charge is 0.388 e. The molecule has 0 amide bonds. The van der Waals surface area contributed by atoms with Crippen molar-refractivity contribution in [2.75, 3.05) is 13.7 Å². The van der Waals surface area contributed by atoms with E-state index in [1.54, 1.807) is 0 Å². The zero-order valence-corrected chi connectivity index (χ0v) is 20.4. The van der Waals surface area contributed by atoms with Crippen molar-refractivity contribution in [1.29, 1.82) is 0 Å². The van der Waals surface area contributed by atoms with Gasteiger partial charge in [-0.1, -0.05) is 91.0 Å². The number of rotatable bonds is 12. The summed E-state index contributed by atoms with van der Waals surface area (Å²) in [6.45, 7) is 0.830. The van der Waals surface area contributed by atoms with Crippen molar-refractivity contribution in [3.63, 3.8) is 0 Å². The molecule has 0 radical (unpaired) electrons. The topological polar surface area (TPSA) is 86.6 Å². The molecule has 1 heterocycles. The maximum absolute atomic E-state index is 11.0. The summed E-state index contributed by atoms with van der Waals surface area (Å²) in [6.07, 6.45) is -5.56. The smallest absolute Gasteiger partial charge is 0.184 e. The summed E-state index contributed by atoms with van der Waals surface area (Å²) >= 11 is 0. The fourth-order valence-corrected chi connectivity index (χ4v) is 4.28. The molecular formula is C29H34O7. The number of benzene rings is 3. The van der Waals surface area contributed by atoms with E-state index in [-0.39, 0.29) is 26.4 Å². The van der Waals surface area contributed by atoms with Gasteiger partial charge in [-0.15, -0.1) is 0 Å². The average Bonchev–Trinajstić information content (AvgIpc) is 2.92. The number of ether oxygens (including phenoxy) is 5. The summed E-state index contributed by atoms with van der Waals surface area (Å²) in [5.74, 6) is 0. The summed E-state index contributed by atoms with van der Waals surface area (Å²) in [7, 11) is 1.50. The third-order valence-corrected chi connectivity index (χ3v) is 6.12. The first-order valence-corrected chi connectivity index (χ1v) is 12.1. The molecule has 1 fully saturated rings. The Bertz CT molecular complexity index is 1000. The Morgan fingerprint density at radius 1 is 0.667 bits per heavy atom. The molecule has 192 valence electrons. The number of aliphatic hydroxyl groups excluding tert-OH is 2. The second kappa shape index (κ2) is 13.6. The molecule has 0 saturated carbocycles. The molecule has 6 atom stereocenters. The molecule has 1 saturated heterocycles. The highest BCUT2D eigenvalue weighted by Crippen LogP contribution is 2.31. The van der Waals surface area contributed by atoms with Gasteiger partial charge < -0.3 is 33.9 Å². The van der Waals surface area contributed by atoms with Gasteiger partial charge in [-0.25, -0.2) is 0 Å². The standard InChI is InChI=1S/C29H34O7/c1-32-20-24(30)25-26(33-17-21-11-5-2-6-12-21)27(34-18-22-13-7-3-8-14-22)28(29(31)36-25)35-19-23-15-9-4-10-16-23/h2-16,24-31H,17-20H2,1H3/t24-,25-,26+,27+,28-,29+/m1/s1. The van der Waals surface area contributed by atoms with Crippen LogP contribution in [0, 0.1) is 0 Å². The Kier molecular flexibility index (Phi) is 10.0. The minimum Gasteiger partial charge on any atom is -0.388 e. The van der Waals surface area contributed by atoms with Crippen molar-refractivity contribution < 1.29 is 33.9 Å². The molecule has 7 nitrogen and oxygen atoms in total. The Labute approximate surface area is 212 Å². The van der Waals surface area contributed by atoms with Gasteiger partial charge in [0.15, 0.2) is 6.29 Å². The Hall–Kier alpha value is -2.62. The summed E-state index contributed by atoms with van der Waals surface area (Å²) in [6, 6.07) is 29.2. The van der Waals surface area contributed by atoms with Gasteiger partial charge in [-0.2, -0.15) is 0 Å². The first-order chi connectivity index (χ1) is 17.7. The third-order valence-electron chi connectivity index (χ3n) is 6.12. The maximum Gasteiger partial charge on any atom is 0.184 e. The Morgan fingerprint density at radius 3 is 1.53 bits per heavy atom. The first kappa shape index (κ1) is 26.4. The van der Waals surface area contributed by atoms with Crippen molar-refractivity contribution >= 4 is 0 Å². The Morgan fingerprint density at radius 2 is 1.08 bits per heavy atom. The number of hydrogen-bond donors (Lipinski definition) is 2. The molecule has 4 rings (SSSR count). The zero-order chi connectivity index (χ0) is 25.2. The fraction of sp³-hybridized carbons (Fsp3) is 0.379. The van der Waals surface area contributed by atoms with Crippen LogP contribution in [0.3, 0.4) is 0 Å². The summed E-state index contributed by atoms with van der Waals surface area (Å²) < 4.78 is 29.9. The van der Waals surface area contributed by atoms with Gasteiger partial charge in [0.1, 0.15) is 30.5 Å². The van der Waals surface area contributed by atoms with E-state index < -0.39 is 36.8 Å². The van der Waals surface area contributed by atoms with E-state index in [0.29, 0.717) is 0 Å². The molecule has 7 heteroatoms. The SMILES string of the molecule is COC[C@@H](O)[C@H]1O[C@H](O)[C@H](OCc2ccccc2)[C@@H](OCc2ccccc2)[C@H]1OCc1ccccc1. The van der Waals surface area contributed by atoms with Crippen LogP contribution in [0.5, 0.6) is 0 Å². The van der Waals surface area contributed by atoms with E-state index in [4.69, 9.17) is 23.7 Å². The van der Waals surface area contributed by atoms with Crippen molar-refractivity contribution in [2.45, 2.75) is 56.6 Å². The van der Waals surface area contributed by atoms with E-state index in [1.807, 2.05) is 91.0 Å². The van der Waals surface area contributed by atoms with E-state index in [2.05, 4.69) is 0 Å². The lowest BCUT2D eigenvalue weighted by Crippen LogP contribution is -2.63. The highest BCUT2D eigenvalue weighted by atomic mass is 16.7. The van der Waals surface area contributed by atoms with Crippen LogP contribution in [0.25, 0.3) is 0 Å². The number of methoxy groups -OCH3 is 1. The summed E-state index contributed by atoms with van der Waals surface area (Å²) in [4.78, 5) is 0. The normalized spacial score (nSPS) is 24.9. The third kappa shape index (κ3) is 7.21. The van der Waals surface area contributed by atoms with Crippen LogP contribution in [0.15, 0.2) is 91.0 Å². The average molecular weight is 495 g/mol. The van der Waals surface area contributed by atoms with Gasteiger partial charge in [0.05, 0.1) is 26.4 Å². The first-order valence-electron chi connectivity index (χ1n) is 12.1. The molecule has 1 aliphatic rings. The highest BCUT2D eigenvalue weighted by Gasteiger charge is 2.50. The van der Waals surface area contributed by atoms with Gasteiger partial charge in [0.2, 0.25) is 0 Å². The molecule has 0 aromatic heterocycles. The molecule has 2 N–H and O–H groups in total. The van der Waals surface area contributed by atoms with E-state index in [9.17, 15) is 10.2 Å². The van der Waals surface area contributed by atoms with Gasteiger partial charge in [-0.05, 0) is 16.7 Å². The van der Waals surface area contributed by atoms with Gasteiger partial charge in [-0.3, -0.25) is 0 Å². The molecule has 1 aliphatic heterocycles. The van der Waals surface area contributed by atoms with Gasteiger partial charge in [0.25, 0.3) is 0 Å². The predicted molar refractivity (Wildman–Crippen MR) is 134 cm³/mol. The van der Waals surface area contributed by atoms with Crippen LogP contribution in [0.4, 0.5) is 0 Å². The van der Waals surface area contributed by atoms with Crippen molar-refractivity contribution in [3.05, 3.63) is 108 Å². The summed E-state index contributed by atoms with van der Waals surface area (Å²) in [5, 5.41) is 21.8. The molecule has 3 aromatic carbocycles. The zero-order valence-electron chi connectivity index (χ0n) is 20.4.